The van der Waals surface area contributed by atoms with Crippen LogP contribution in [0, 0.1) is 11.5 Å². The van der Waals surface area contributed by atoms with Crippen molar-refractivity contribution in [3.8, 4) is 6.19 Å². The fourth-order valence-corrected chi connectivity index (χ4v) is 2.35. The summed E-state index contributed by atoms with van der Waals surface area (Å²) in [5.41, 5.74) is 3.39. The van der Waals surface area contributed by atoms with Crippen LogP contribution in [0.5, 0.6) is 0 Å². The van der Waals surface area contributed by atoms with Crippen molar-refractivity contribution in [3.63, 3.8) is 0 Å². The third-order valence-corrected chi connectivity index (χ3v) is 3.02. The van der Waals surface area contributed by atoms with E-state index in [-0.39, 0.29) is 0 Å². The van der Waals surface area contributed by atoms with Crippen LogP contribution in [0.3, 0.4) is 0 Å². The molecule has 0 saturated heterocycles. The minimum Gasteiger partial charge on any atom is -0.251 e. The first-order chi connectivity index (χ1) is 8.33. The Bertz CT molecular complexity index is 585. The van der Waals surface area contributed by atoms with E-state index in [1.807, 2.05) is 24.3 Å². The fourth-order valence-electron chi connectivity index (χ4n) is 2.35. The molecule has 2 aromatic rings. The topological polar surface area (TPSA) is 28.7 Å². The smallest absolute Gasteiger partial charge is 0.189 e. The molecule has 2 heteroatoms. The summed E-state index contributed by atoms with van der Waals surface area (Å²) < 4.78 is 1.76. The lowest BCUT2D eigenvalue weighted by Crippen LogP contribution is -1.98. The number of allylic oxidation sites excluding steroid dienone is 1. The standard InChI is InChI=1S/C15H16N2/c1-3-7-12-13-9-5-6-10-15(13)17(11-16)14(12)8-4-2/h3,5-6,9-10H,1,4,7-8H2,2H3. The van der Waals surface area contributed by atoms with Crippen molar-refractivity contribution in [2.45, 2.75) is 26.2 Å². The molecule has 86 valence electrons. The highest BCUT2D eigenvalue weighted by Crippen LogP contribution is 2.27. The van der Waals surface area contributed by atoms with Crippen LogP contribution < -0.4 is 0 Å². The van der Waals surface area contributed by atoms with Gasteiger partial charge in [-0.05, 0) is 24.5 Å². The van der Waals surface area contributed by atoms with E-state index < -0.39 is 0 Å². The molecule has 0 N–H and O–H groups in total. The van der Waals surface area contributed by atoms with Crippen molar-refractivity contribution >= 4 is 10.9 Å². The highest BCUT2D eigenvalue weighted by Gasteiger charge is 2.14. The molecule has 1 heterocycles. The van der Waals surface area contributed by atoms with Crippen LogP contribution in [0.1, 0.15) is 24.6 Å². The zero-order chi connectivity index (χ0) is 12.3. The Morgan fingerprint density at radius 1 is 1.41 bits per heavy atom. The second-order valence-electron chi connectivity index (χ2n) is 4.12. The van der Waals surface area contributed by atoms with Crippen LogP contribution in [-0.2, 0) is 12.8 Å². The Kier molecular flexibility index (Phi) is 3.30. The summed E-state index contributed by atoms with van der Waals surface area (Å²) in [7, 11) is 0. The molecule has 0 saturated carbocycles. The molecule has 0 aliphatic rings. The van der Waals surface area contributed by atoms with Gasteiger partial charge in [0.2, 0.25) is 0 Å². The highest BCUT2D eigenvalue weighted by molar-refractivity contribution is 5.86. The molecule has 2 rings (SSSR count). The lowest BCUT2D eigenvalue weighted by molar-refractivity contribution is 0.846. The summed E-state index contributed by atoms with van der Waals surface area (Å²) in [6.07, 6.45) is 6.99. The molecule has 0 amide bonds. The van der Waals surface area contributed by atoms with Crippen molar-refractivity contribution in [2.24, 2.45) is 0 Å². The van der Waals surface area contributed by atoms with Crippen molar-refractivity contribution < 1.29 is 0 Å². The first-order valence-electron chi connectivity index (χ1n) is 5.95. The third kappa shape index (κ3) is 1.85. The average molecular weight is 224 g/mol. The van der Waals surface area contributed by atoms with Crippen molar-refractivity contribution in [2.75, 3.05) is 0 Å². The molecule has 0 bridgehead atoms. The van der Waals surface area contributed by atoms with E-state index in [0.29, 0.717) is 0 Å². The van der Waals surface area contributed by atoms with Crippen molar-refractivity contribution in [1.82, 2.24) is 4.57 Å². The number of hydrogen-bond acceptors (Lipinski definition) is 1. The normalized spacial score (nSPS) is 10.4. The maximum atomic E-state index is 9.31. The van der Waals surface area contributed by atoms with E-state index in [4.69, 9.17) is 0 Å². The summed E-state index contributed by atoms with van der Waals surface area (Å²) in [6, 6.07) is 8.08. The Morgan fingerprint density at radius 3 is 2.82 bits per heavy atom. The fraction of sp³-hybridized carbons (Fsp3) is 0.267. The van der Waals surface area contributed by atoms with Crippen LogP contribution in [0.25, 0.3) is 10.9 Å². The number of benzene rings is 1. The predicted octanol–water partition coefficient (Wildman–Crippen LogP) is 3.65. The average Bonchev–Trinajstić information content (AvgIpc) is 2.65. The van der Waals surface area contributed by atoms with Crippen molar-refractivity contribution in [3.05, 3.63) is 48.2 Å². The number of nitriles is 1. The van der Waals surface area contributed by atoms with Crippen LogP contribution in [-0.4, -0.2) is 4.57 Å². The van der Waals surface area contributed by atoms with Crippen LogP contribution in [0.4, 0.5) is 0 Å². The lowest BCUT2D eigenvalue weighted by atomic mass is 10.1. The first-order valence-corrected chi connectivity index (χ1v) is 5.95. The molecule has 0 aliphatic carbocycles. The summed E-state index contributed by atoms with van der Waals surface area (Å²) in [6.45, 7) is 5.94. The van der Waals surface area contributed by atoms with Gasteiger partial charge in [0.1, 0.15) is 0 Å². The molecule has 1 aromatic carbocycles. The molecule has 2 nitrogen and oxygen atoms in total. The maximum absolute atomic E-state index is 9.31. The summed E-state index contributed by atoms with van der Waals surface area (Å²) in [5, 5.41) is 10.5. The van der Waals surface area contributed by atoms with Crippen LogP contribution in [0.2, 0.25) is 0 Å². The Balaban J connectivity index is 2.77. The molecule has 0 spiro atoms. The van der Waals surface area contributed by atoms with E-state index in [1.54, 1.807) is 4.57 Å². The van der Waals surface area contributed by atoms with E-state index >= 15 is 0 Å². The van der Waals surface area contributed by atoms with E-state index in [2.05, 4.69) is 25.8 Å². The monoisotopic (exact) mass is 224 g/mol. The quantitative estimate of drug-likeness (QED) is 0.729. The highest BCUT2D eigenvalue weighted by atomic mass is 15.0. The Labute approximate surface area is 102 Å². The molecule has 0 radical (unpaired) electrons. The lowest BCUT2D eigenvalue weighted by Gasteiger charge is -2.02. The molecule has 0 unspecified atom stereocenters. The van der Waals surface area contributed by atoms with Crippen LogP contribution >= 0.6 is 0 Å². The van der Waals surface area contributed by atoms with Gasteiger partial charge < -0.3 is 0 Å². The minimum absolute atomic E-state index is 0.824. The largest absolute Gasteiger partial charge is 0.251 e. The van der Waals surface area contributed by atoms with Gasteiger partial charge in [0, 0.05) is 11.1 Å². The molecular formula is C15H16N2. The second kappa shape index (κ2) is 4.88. The van der Waals surface area contributed by atoms with E-state index in [9.17, 15) is 5.26 Å². The van der Waals surface area contributed by atoms with Gasteiger partial charge in [-0.2, -0.15) is 5.26 Å². The SMILES string of the molecule is C=CCc1c(CCC)n(C#N)c2ccccc12. The van der Waals surface area contributed by atoms with Gasteiger partial charge in [0.05, 0.1) is 5.52 Å². The number of nitrogens with zero attached hydrogens (tertiary/aromatic N) is 2. The molecule has 1 aromatic heterocycles. The number of rotatable bonds is 4. The number of para-hydroxylation sites is 1. The third-order valence-electron chi connectivity index (χ3n) is 3.02. The van der Waals surface area contributed by atoms with Gasteiger partial charge in [0.15, 0.2) is 6.19 Å². The van der Waals surface area contributed by atoms with E-state index in [0.717, 1.165) is 30.5 Å². The zero-order valence-electron chi connectivity index (χ0n) is 10.1. The summed E-state index contributed by atoms with van der Waals surface area (Å²) in [4.78, 5) is 0. The maximum Gasteiger partial charge on any atom is 0.189 e. The van der Waals surface area contributed by atoms with Gasteiger partial charge in [0.25, 0.3) is 0 Å². The molecule has 0 aliphatic heterocycles. The first kappa shape index (κ1) is 11.5. The summed E-state index contributed by atoms with van der Waals surface area (Å²) in [5.74, 6) is 0. The minimum atomic E-state index is 0.824. The second-order valence-corrected chi connectivity index (χ2v) is 4.12. The van der Waals surface area contributed by atoms with Crippen LogP contribution in [0.15, 0.2) is 36.9 Å². The summed E-state index contributed by atoms with van der Waals surface area (Å²) >= 11 is 0. The van der Waals surface area contributed by atoms with Crippen molar-refractivity contribution in [1.29, 1.82) is 5.26 Å². The zero-order valence-corrected chi connectivity index (χ0v) is 10.1. The number of aromatic nitrogens is 1. The molecule has 0 fully saturated rings. The predicted molar refractivity (Wildman–Crippen MR) is 70.8 cm³/mol. The van der Waals surface area contributed by atoms with Gasteiger partial charge >= 0.3 is 0 Å². The van der Waals surface area contributed by atoms with Gasteiger partial charge in [-0.3, -0.25) is 4.57 Å². The molecular weight excluding hydrogens is 208 g/mol. The van der Waals surface area contributed by atoms with Gasteiger partial charge in [-0.1, -0.05) is 37.6 Å². The number of fused-ring (bicyclic) bond motifs is 1. The Morgan fingerprint density at radius 2 is 2.18 bits per heavy atom. The van der Waals surface area contributed by atoms with E-state index in [1.165, 1.54) is 10.9 Å². The Hall–Kier alpha value is -2.01. The van der Waals surface area contributed by atoms with Gasteiger partial charge in [-0.15, -0.1) is 6.58 Å². The van der Waals surface area contributed by atoms with Gasteiger partial charge in [-0.25, -0.2) is 0 Å². The molecule has 17 heavy (non-hydrogen) atoms. The molecule has 0 atom stereocenters. The number of hydrogen-bond donors (Lipinski definition) is 0.